The van der Waals surface area contributed by atoms with E-state index in [1.54, 1.807) is 0 Å². The molecule has 380 valence electrons. The predicted molar refractivity (Wildman–Crippen MR) is 275 cm³/mol. The molecule has 0 radical (unpaired) electrons. The van der Waals surface area contributed by atoms with E-state index in [1.165, 1.54) is 186 Å². The van der Waals surface area contributed by atoms with Gasteiger partial charge in [-0.25, -0.2) is 0 Å². The first-order valence-corrected chi connectivity index (χ1v) is 28.7. The molecule has 0 aromatic heterocycles. The number of hydrogen-bond acceptors (Lipinski definition) is 8. The van der Waals surface area contributed by atoms with Crippen molar-refractivity contribution in [1.82, 2.24) is 0 Å². The molecular weight excluding hydrogens is 849 g/mol. The van der Waals surface area contributed by atoms with Crippen molar-refractivity contribution in [2.75, 3.05) is 39.6 Å². The summed E-state index contributed by atoms with van der Waals surface area (Å²) in [5.41, 5.74) is 1.31. The van der Waals surface area contributed by atoms with Crippen molar-refractivity contribution in [3.63, 3.8) is 0 Å². The molecule has 0 amide bonds. The first-order chi connectivity index (χ1) is 32.3. The molecule has 1 aliphatic carbocycles. The number of benzene rings is 2. The van der Waals surface area contributed by atoms with E-state index in [1.807, 2.05) is 24.3 Å². The molecule has 2 aromatic rings. The average molecular weight is 945 g/mol. The Morgan fingerprint density at radius 1 is 0.470 bits per heavy atom. The number of fused-ring (bicyclic) bond motifs is 2. The van der Waals surface area contributed by atoms with Gasteiger partial charge < -0.3 is 29.2 Å². The molecule has 0 spiro atoms. The Kier molecular flexibility index (Phi) is 33.2. The van der Waals surface area contributed by atoms with Gasteiger partial charge in [0.25, 0.3) is 10.1 Å². The van der Waals surface area contributed by atoms with Crippen LogP contribution in [0.1, 0.15) is 230 Å². The third-order valence-electron chi connectivity index (χ3n) is 13.3. The number of rotatable bonds is 45. The fourth-order valence-electron chi connectivity index (χ4n) is 9.27. The lowest BCUT2D eigenvalue weighted by Gasteiger charge is -2.26. The number of aliphatic hydroxyl groups is 2. The number of ether oxygens (including phenoxy) is 4. The lowest BCUT2D eigenvalue weighted by atomic mass is 9.90. The molecule has 66 heavy (non-hydrogen) atoms. The average Bonchev–Trinajstić information content (AvgIpc) is 3.31. The lowest BCUT2D eigenvalue weighted by molar-refractivity contribution is 0.0104. The first-order valence-electron chi connectivity index (χ1n) is 27.3. The Labute approximate surface area is 403 Å². The number of hydrogen-bond donors (Lipinski definition) is 3. The molecule has 3 rings (SSSR count). The SMILES string of the molecule is CCCCCCCCCCCCCCCCCCOCC(O)COc1c2c(c(OCC(O)COCCCCCCCCCCCCCCCCCC)c3ccccc13)CC(S(=O)(=O)O)=CC2. The molecule has 2 atom stereocenters. The van der Waals surface area contributed by atoms with Crippen LogP contribution in [0.25, 0.3) is 10.8 Å². The van der Waals surface area contributed by atoms with Crippen molar-refractivity contribution < 1.29 is 42.1 Å². The van der Waals surface area contributed by atoms with Gasteiger partial charge in [-0.2, -0.15) is 8.42 Å². The summed E-state index contributed by atoms with van der Waals surface area (Å²) >= 11 is 0. The maximum absolute atomic E-state index is 12.3. The third-order valence-corrected chi connectivity index (χ3v) is 14.3. The van der Waals surface area contributed by atoms with E-state index in [2.05, 4.69) is 13.8 Å². The molecule has 2 unspecified atom stereocenters. The van der Waals surface area contributed by atoms with Crippen molar-refractivity contribution in [3.05, 3.63) is 46.4 Å². The second-order valence-electron chi connectivity index (χ2n) is 19.4. The summed E-state index contributed by atoms with van der Waals surface area (Å²) in [5, 5.41) is 23.2. The fraction of sp³-hybridized carbons (Fsp3) is 0.786. The molecule has 0 bridgehead atoms. The van der Waals surface area contributed by atoms with Gasteiger partial charge in [-0.05, 0) is 19.3 Å². The van der Waals surface area contributed by atoms with Crippen molar-refractivity contribution >= 4 is 20.9 Å². The Bertz CT molecular complexity index is 1640. The van der Waals surface area contributed by atoms with Gasteiger partial charge >= 0.3 is 0 Å². The number of unbranched alkanes of at least 4 members (excludes halogenated alkanes) is 30. The molecule has 3 N–H and O–H groups in total. The predicted octanol–water partition coefficient (Wildman–Crippen LogP) is 14.7. The second-order valence-corrected chi connectivity index (χ2v) is 20.8. The molecule has 9 nitrogen and oxygen atoms in total. The van der Waals surface area contributed by atoms with E-state index in [9.17, 15) is 23.2 Å². The van der Waals surface area contributed by atoms with Crippen LogP contribution in [0.3, 0.4) is 0 Å². The smallest absolute Gasteiger partial charge is 0.290 e. The highest BCUT2D eigenvalue weighted by Gasteiger charge is 2.29. The minimum absolute atomic E-state index is 0.0000789. The van der Waals surface area contributed by atoms with Gasteiger partial charge in [-0.3, -0.25) is 4.55 Å². The normalized spacial score (nSPS) is 13.8. The minimum atomic E-state index is -4.44. The summed E-state index contributed by atoms with van der Waals surface area (Å²) in [6, 6.07) is 7.55. The minimum Gasteiger partial charge on any atom is -0.490 e. The van der Waals surface area contributed by atoms with Crippen LogP contribution in [-0.4, -0.2) is 75.0 Å². The summed E-state index contributed by atoms with van der Waals surface area (Å²) < 4.78 is 58.8. The van der Waals surface area contributed by atoms with E-state index in [-0.39, 0.29) is 44.2 Å². The van der Waals surface area contributed by atoms with Crippen LogP contribution in [0.5, 0.6) is 11.5 Å². The standard InChI is InChI=1S/C56H96O9S/c1-3-5-7-9-11-13-15-17-19-21-23-25-27-29-31-35-41-62-44-48(57)46-64-55-51-37-33-34-38-52(51)56(54-43-50(66(59,60)61)39-40-53(54)55)65-47-49(58)45-63-42-36-32-30-28-26-24-22-20-18-16-14-12-10-8-6-4-2/h33-34,37-39,48-49,57-58H,3-32,35-36,40-47H2,1-2H3,(H,59,60,61). The van der Waals surface area contributed by atoms with Crippen LogP contribution < -0.4 is 9.47 Å². The zero-order valence-corrected chi connectivity index (χ0v) is 42.8. The zero-order valence-electron chi connectivity index (χ0n) is 42.0. The highest BCUT2D eigenvalue weighted by molar-refractivity contribution is 7.89. The summed E-state index contributed by atoms with van der Waals surface area (Å²) in [4.78, 5) is -0.105. The summed E-state index contributed by atoms with van der Waals surface area (Å²) in [6.45, 7) is 5.97. The monoisotopic (exact) mass is 945 g/mol. The van der Waals surface area contributed by atoms with Crippen molar-refractivity contribution in [3.8, 4) is 11.5 Å². The van der Waals surface area contributed by atoms with Gasteiger partial charge in [0.15, 0.2) is 0 Å². The second kappa shape index (κ2) is 37.7. The number of allylic oxidation sites excluding steroid dienone is 2. The molecule has 0 fully saturated rings. The molecule has 2 aromatic carbocycles. The lowest BCUT2D eigenvalue weighted by Crippen LogP contribution is -2.25. The zero-order chi connectivity index (χ0) is 47.3. The topological polar surface area (TPSA) is 132 Å². The van der Waals surface area contributed by atoms with Crippen LogP contribution in [0.4, 0.5) is 0 Å². The third kappa shape index (κ3) is 26.0. The maximum Gasteiger partial charge on any atom is 0.290 e. The van der Waals surface area contributed by atoms with Crippen LogP contribution in [0.15, 0.2) is 35.2 Å². The van der Waals surface area contributed by atoms with Gasteiger partial charge in [-0.15, -0.1) is 0 Å². The molecule has 1 aliphatic rings. The molecule has 0 saturated heterocycles. The van der Waals surface area contributed by atoms with Crippen molar-refractivity contribution in [1.29, 1.82) is 0 Å². The Hall–Kier alpha value is -2.21. The molecule has 0 heterocycles. The van der Waals surface area contributed by atoms with Gasteiger partial charge in [0.05, 0.1) is 18.1 Å². The molecule has 0 saturated carbocycles. The maximum atomic E-state index is 12.3. The number of aliphatic hydroxyl groups excluding tert-OH is 2. The molecular formula is C56H96O9S. The first kappa shape index (κ1) is 58.1. The largest absolute Gasteiger partial charge is 0.490 e. The van der Waals surface area contributed by atoms with Crippen LogP contribution in [-0.2, 0) is 32.4 Å². The summed E-state index contributed by atoms with van der Waals surface area (Å²) in [6.07, 6.45) is 42.0. The van der Waals surface area contributed by atoms with Gasteiger partial charge in [0.2, 0.25) is 0 Å². The molecule has 10 heteroatoms. The van der Waals surface area contributed by atoms with Gasteiger partial charge in [0.1, 0.15) is 36.9 Å². The van der Waals surface area contributed by atoms with E-state index in [4.69, 9.17) is 18.9 Å². The Morgan fingerprint density at radius 2 is 0.788 bits per heavy atom. The van der Waals surface area contributed by atoms with E-state index in [0.717, 1.165) is 36.6 Å². The van der Waals surface area contributed by atoms with E-state index < -0.39 is 22.3 Å². The van der Waals surface area contributed by atoms with E-state index in [0.29, 0.717) is 35.7 Å². The van der Waals surface area contributed by atoms with Crippen molar-refractivity contribution in [2.24, 2.45) is 0 Å². The summed E-state index contributed by atoms with van der Waals surface area (Å²) in [7, 11) is -4.44. The highest BCUT2D eigenvalue weighted by Crippen LogP contribution is 2.44. The van der Waals surface area contributed by atoms with E-state index >= 15 is 0 Å². The fourth-order valence-corrected chi connectivity index (χ4v) is 9.89. The molecule has 0 aliphatic heterocycles. The Balaban J connectivity index is 1.34. The highest BCUT2D eigenvalue weighted by atomic mass is 32.2. The Morgan fingerprint density at radius 3 is 1.12 bits per heavy atom. The van der Waals surface area contributed by atoms with Crippen LogP contribution >= 0.6 is 0 Å². The van der Waals surface area contributed by atoms with Crippen LogP contribution in [0.2, 0.25) is 0 Å². The van der Waals surface area contributed by atoms with Crippen LogP contribution in [0, 0.1) is 0 Å². The summed E-state index contributed by atoms with van der Waals surface area (Å²) in [5.74, 6) is 0.986. The van der Waals surface area contributed by atoms with Crippen molar-refractivity contribution in [2.45, 2.75) is 244 Å². The van der Waals surface area contributed by atoms with Gasteiger partial charge in [0, 0.05) is 41.5 Å². The quantitative estimate of drug-likeness (QED) is 0.0439. The van der Waals surface area contributed by atoms with Gasteiger partial charge in [-0.1, -0.05) is 237 Å².